The average molecular weight is 282 g/mol. The molecule has 0 aliphatic heterocycles. The Kier molecular flexibility index (Phi) is 3.79. The minimum atomic E-state index is -0.325. The zero-order chi connectivity index (χ0) is 13.1. The Morgan fingerprint density at radius 2 is 1.83 bits per heavy atom. The van der Waals surface area contributed by atoms with Crippen molar-refractivity contribution < 1.29 is 4.79 Å². The molecule has 0 aromatic carbocycles. The van der Waals surface area contributed by atoms with Crippen LogP contribution in [0, 0.1) is 0 Å². The van der Waals surface area contributed by atoms with Crippen LogP contribution in [0.4, 0.5) is 5.69 Å². The van der Waals surface area contributed by atoms with Crippen molar-refractivity contribution >= 4 is 34.8 Å². The maximum absolute atomic E-state index is 12.2. The number of aromatic nitrogens is 2. The maximum Gasteiger partial charge on any atom is 0.278 e. The van der Waals surface area contributed by atoms with Gasteiger partial charge in [0.05, 0.1) is 5.02 Å². The van der Waals surface area contributed by atoms with Crippen molar-refractivity contribution in [1.82, 2.24) is 9.97 Å². The van der Waals surface area contributed by atoms with E-state index >= 15 is 0 Å². The molecule has 0 spiro atoms. The van der Waals surface area contributed by atoms with Gasteiger partial charge in [-0.15, -0.1) is 0 Å². The third-order valence-electron chi connectivity index (χ3n) is 2.37. The molecule has 2 aromatic heterocycles. The number of carbonyl (C=O) groups excluding carboxylic acids is 1. The fourth-order valence-electron chi connectivity index (χ4n) is 1.41. The van der Waals surface area contributed by atoms with Gasteiger partial charge in [-0.3, -0.25) is 9.78 Å². The van der Waals surface area contributed by atoms with Crippen LogP contribution < -0.4 is 4.90 Å². The molecule has 2 rings (SSSR count). The van der Waals surface area contributed by atoms with Crippen molar-refractivity contribution in [2.24, 2.45) is 0 Å². The third-order valence-corrected chi connectivity index (χ3v) is 2.88. The predicted octanol–water partition coefficient (Wildman–Crippen LogP) is 3.06. The molecule has 92 valence electrons. The lowest BCUT2D eigenvalue weighted by Gasteiger charge is -2.17. The number of halogens is 2. The monoisotopic (exact) mass is 281 g/mol. The molecule has 2 heterocycles. The van der Waals surface area contributed by atoms with Gasteiger partial charge in [0.2, 0.25) is 0 Å². The minimum absolute atomic E-state index is 0.128. The van der Waals surface area contributed by atoms with Crippen LogP contribution in [-0.2, 0) is 0 Å². The van der Waals surface area contributed by atoms with Crippen LogP contribution in [0.2, 0.25) is 10.2 Å². The van der Waals surface area contributed by atoms with Crippen LogP contribution >= 0.6 is 23.2 Å². The van der Waals surface area contributed by atoms with Crippen molar-refractivity contribution in [1.29, 1.82) is 0 Å². The van der Waals surface area contributed by atoms with Crippen LogP contribution in [0.3, 0.4) is 0 Å². The molecule has 18 heavy (non-hydrogen) atoms. The van der Waals surface area contributed by atoms with Gasteiger partial charge in [-0.1, -0.05) is 23.2 Å². The first-order chi connectivity index (χ1) is 8.59. The molecule has 0 atom stereocenters. The SMILES string of the molecule is CN(C(=O)c1nc(Cl)ccc1Cl)c1ccncc1. The van der Waals surface area contributed by atoms with Crippen molar-refractivity contribution in [3.05, 3.63) is 52.5 Å². The Morgan fingerprint density at radius 1 is 1.17 bits per heavy atom. The summed E-state index contributed by atoms with van der Waals surface area (Å²) < 4.78 is 0. The number of rotatable bonds is 2. The van der Waals surface area contributed by atoms with E-state index in [1.165, 1.54) is 11.0 Å². The van der Waals surface area contributed by atoms with E-state index in [1.807, 2.05) is 0 Å². The molecule has 0 N–H and O–H groups in total. The summed E-state index contributed by atoms with van der Waals surface area (Å²) in [5, 5.41) is 0.496. The first kappa shape index (κ1) is 12.8. The van der Waals surface area contributed by atoms with Gasteiger partial charge in [-0.05, 0) is 24.3 Å². The summed E-state index contributed by atoms with van der Waals surface area (Å²) in [5.74, 6) is -0.325. The highest BCUT2D eigenvalue weighted by atomic mass is 35.5. The van der Waals surface area contributed by atoms with Crippen LogP contribution in [0.1, 0.15) is 10.5 Å². The smallest absolute Gasteiger partial charge is 0.278 e. The number of pyridine rings is 2. The molecule has 0 unspecified atom stereocenters. The maximum atomic E-state index is 12.2. The zero-order valence-corrected chi connectivity index (χ0v) is 11.0. The van der Waals surface area contributed by atoms with Gasteiger partial charge < -0.3 is 4.90 Å². The summed E-state index contributed by atoms with van der Waals surface area (Å²) in [6, 6.07) is 6.52. The van der Waals surface area contributed by atoms with E-state index in [0.717, 1.165) is 0 Å². The van der Waals surface area contributed by atoms with E-state index < -0.39 is 0 Å². The van der Waals surface area contributed by atoms with Gasteiger partial charge in [0.25, 0.3) is 5.91 Å². The number of nitrogens with zero attached hydrogens (tertiary/aromatic N) is 3. The van der Waals surface area contributed by atoms with Gasteiger partial charge in [0.1, 0.15) is 10.8 Å². The fraction of sp³-hybridized carbons (Fsp3) is 0.0833. The molecule has 6 heteroatoms. The molecule has 0 aliphatic rings. The third kappa shape index (κ3) is 2.60. The standard InChI is InChI=1S/C12H9Cl2N3O/c1-17(8-4-6-15-7-5-8)12(18)11-9(13)2-3-10(14)16-11/h2-7H,1H3. The van der Waals surface area contributed by atoms with E-state index in [4.69, 9.17) is 23.2 Å². The molecular weight excluding hydrogens is 273 g/mol. The summed E-state index contributed by atoms with van der Waals surface area (Å²) in [5.41, 5.74) is 0.830. The topological polar surface area (TPSA) is 46.1 Å². The van der Waals surface area contributed by atoms with Gasteiger partial charge in [-0.2, -0.15) is 0 Å². The molecule has 4 nitrogen and oxygen atoms in total. The van der Waals surface area contributed by atoms with Crippen LogP contribution in [-0.4, -0.2) is 22.9 Å². The quantitative estimate of drug-likeness (QED) is 0.795. The lowest BCUT2D eigenvalue weighted by Crippen LogP contribution is -2.27. The van der Waals surface area contributed by atoms with Gasteiger partial charge in [-0.25, -0.2) is 4.98 Å². The van der Waals surface area contributed by atoms with E-state index in [0.29, 0.717) is 5.69 Å². The van der Waals surface area contributed by atoms with Crippen LogP contribution in [0.25, 0.3) is 0 Å². The fourth-order valence-corrected chi connectivity index (χ4v) is 1.75. The summed E-state index contributed by atoms with van der Waals surface area (Å²) in [6.07, 6.45) is 3.21. The Morgan fingerprint density at radius 3 is 2.50 bits per heavy atom. The molecule has 0 fully saturated rings. The number of amides is 1. The molecule has 0 saturated carbocycles. The molecule has 0 aliphatic carbocycles. The van der Waals surface area contributed by atoms with Crippen molar-refractivity contribution in [3.8, 4) is 0 Å². The second kappa shape index (κ2) is 5.33. The van der Waals surface area contributed by atoms with Crippen molar-refractivity contribution in [2.45, 2.75) is 0 Å². The highest BCUT2D eigenvalue weighted by Gasteiger charge is 2.18. The average Bonchev–Trinajstić information content (AvgIpc) is 2.41. The summed E-state index contributed by atoms with van der Waals surface area (Å²) in [6.45, 7) is 0. The predicted molar refractivity (Wildman–Crippen MR) is 71.2 cm³/mol. The largest absolute Gasteiger partial charge is 0.310 e. The molecule has 0 radical (unpaired) electrons. The van der Waals surface area contributed by atoms with Gasteiger partial charge >= 0.3 is 0 Å². The minimum Gasteiger partial charge on any atom is -0.310 e. The van der Waals surface area contributed by atoms with Gasteiger partial charge in [0, 0.05) is 25.1 Å². The van der Waals surface area contributed by atoms with Crippen molar-refractivity contribution in [2.75, 3.05) is 11.9 Å². The van der Waals surface area contributed by atoms with Gasteiger partial charge in [0.15, 0.2) is 0 Å². The molecule has 2 aromatic rings. The van der Waals surface area contributed by atoms with E-state index in [1.54, 1.807) is 37.6 Å². The Balaban J connectivity index is 2.34. The molecule has 0 bridgehead atoms. The lowest BCUT2D eigenvalue weighted by atomic mass is 10.3. The zero-order valence-electron chi connectivity index (χ0n) is 9.47. The first-order valence-electron chi connectivity index (χ1n) is 5.09. The highest BCUT2D eigenvalue weighted by Crippen LogP contribution is 2.20. The van der Waals surface area contributed by atoms with Crippen molar-refractivity contribution in [3.63, 3.8) is 0 Å². The van der Waals surface area contributed by atoms with E-state index in [-0.39, 0.29) is 21.8 Å². The van der Waals surface area contributed by atoms with E-state index in [2.05, 4.69) is 9.97 Å². The lowest BCUT2D eigenvalue weighted by molar-refractivity contribution is 0.0988. The number of carbonyl (C=O) groups is 1. The number of hydrogen-bond donors (Lipinski definition) is 0. The second-order valence-corrected chi connectivity index (χ2v) is 4.33. The molecule has 1 amide bonds. The van der Waals surface area contributed by atoms with Crippen LogP contribution in [0.15, 0.2) is 36.7 Å². The molecule has 0 saturated heterocycles. The summed E-state index contributed by atoms with van der Waals surface area (Å²) in [7, 11) is 1.64. The molecular formula is C12H9Cl2N3O. The first-order valence-corrected chi connectivity index (χ1v) is 5.85. The normalized spacial score (nSPS) is 10.2. The Bertz CT molecular complexity index is 575. The van der Waals surface area contributed by atoms with E-state index in [9.17, 15) is 4.79 Å². The van der Waals surface area contributed by atoms with Crippen LogP contribution in [0.5, 0.6) is 0 Å². The Labute approximate surface area is 114 Å². The number of hydrogen-bond acceptors (Lipinski definition) is 3. The second-order valence-electron chi connectivity index (χ2n) is 3.53. The summed E-state index contributed by atoms with van der Waals surface area (Å²) >= 11 is 11.7. The summed E-state index contributed by atoms with van der Waals surface area (Å²) in [4.78, 5) is 21.5. The Hall–Kier alpha value is -1.65. The number of anilines is 1. The highest BCUT2D eigenvalue weighted by molar-refractivity contribution is 6.35.